The van der Waals surface area contributed by atoms with Crippen LogP contribution in [0.2, 0.25) is 0 Å². The second-order valence-electron chi connectivity index (χ2n) is 5.89. The summed E-state index contributed by atoms with van der Waals surface area (Å²) in [7, 11) is 0. The van der Waals surface area contributed by atoms with Gasteiger partial charge < -0.3 is 20.1 Å². The molecule has 1 aliphatic rings. The Kier molecular flexibility index (Phi) is 5.07. The lowest BCUT2D eigenvalue weighted by Crippen LogP contribution is -2.54. The molecule has 0 bridgehead atoms. The van der Waals surface area contributed by atoms with Crippen molar-refractivity contribution >= 4 is 6.03 Å². The van der Waals surface area contributed by atoms with E-state index in [-0.39, 0.29) is 23.7 Å². The van der Waals surface area contributed by atoms with Crippen LogP contribution in [0.4, 0.5) is 4.79 Å². The van der Waals surface area contributed by atoms with Crippen LogP contribution in [0.5, 0.6) is 5.75 Å². The monoisotopic (exact) mass is 292 g/mol. The van der Waals surface area contributed by atoms with Gasteiger partial charge in [-0.15, -0.1) is 0 Å². The zero-order valence-electron chi connectivity index (χ0n) is 12.9. The highest BCUT2D eigenvalue weighted by Crippen LogP contribution is 2.17. The van der Waals surface area contributed by atoms with Crippen LogP contribution in [-0.2, 0) is 4.74 Å². The molecule has 1 aromatic carbocycles. The van der Waals surface area contributed by atoms with E-state index >= 15 is 0 Å². The Morgan fingerprint density at radius 2 is 2.05 bits per heavy atom. The molecule has 1 fully saturated rings. The minimum absolute atomic E-state index is 0.101. The summed E-state index contributed by atoms with van der Waals surface area (Å²) in [5.41, 5.74) is -0.271. The van der Waals surface area contributed by atoms with E-state index in [0.717, 1.165) is 12.2 Å². The highest BCUT2D eigenvalue weighted by molar-refractivity contribution is 5.75. The van der Waals surface area contributed by atoms with Crippen molar-refractivity contribution in [3.8, 4) is 5.75 Å². The number of hydrogen-bond donors (Lipinski definition) is 2. The van der Waals surface area contributed by atoms with Crippen LogP contribution < -0.4 is 15.4 Å². The van der Waals surface area contributed by atoms with Gasteiger partial charge in [-0.05, 0) is 39.3 Å². The molecule has 3 unspecified atom stereocenters. The quantitative estimate of drug-likeness (QED) is 0.875. The van der Waals surface area contributed by atoms with E-state index in [9.17, 15) is 4.79 Å². The highest BCUT2D eigenvalue weighted by Gasteiger charge is 2.31. The van der Waals surface area contributed by atoms with Crippen LogP contribution in [0, 0.1) is 0 Å². The van der Waals surface area contributed by atoms with E-state index in [4.69, 9.17) is 9.47 Å². The Hall–Kier alpha value is -1.75. The molecule has 2 N–H and O–H groups in total. The smallest absolute Gasteiger partial charge is 0.315 e. The summed E-state index contributed by atoms with van der Waals surface area (Å²) in [6, 6.07) is 9.31. The first-order chi connectivity index (χ1) is 9.98. The largest absolute Gasteiger partial charge is 0.489 e. The number of ether oxygens (including phenoxy) is 2. The van der Waals surface area contributed by atoms with E-state index in [1.165, 1.54) is 0 Å². The second-order valence-corrected chi connectivity index (χ2v) is 5.89. The number of benzene rings is 1. The molecule has 2 amide bonds. The first-order valence-electron chi connectivity index (χ1n) is 7.37. The third kappa shape index (κ3) is 4.63. The van der Waals surface area contributed by atoms with Gasteiger partial charge in [0.1, 0.15) is 11.9 Å². The van der Waals surface area contributed by atoms with Crippen molar-refractivity contribution in [2.24, 2.45) is 0 Å². The second kappa shape index (κ2) is 6.80. The van der Waals surface area contributed by atoms with E-state index in [1.54, 1.807) is 0 Å². The lowest BCUT2D eigenvalue weighted by atomic mass is 10.0. The topological polar surface area (TPSA) is 59.6 Å². The van der Waals surface area contributed by atoms with Crippen molar-refractivity contribution in [2.45, 2.75) is 44.9 Å². The third-order valence-corrected chi connectivity index (χ3v) is 3.76. The number of para-hydroxylation sites is 1. The van der Waals surface area contributed by atoms with Gasteiger partial charge in [-0.1, -0.05) is 18.2 Å². The molecule has 3 atom stereocenters. The summed E-state index contributed by atoms with van der Waals surface area (Å²) >= 11 is 0. The van der Waals surface area contributed by atoms with Crippen molar-refractivity contribution in [3.05, 3.63) is 30.3 Å². The molecule has 2 rings (SSSR count). The fraction of sp³-hybridized carbons (Fsp3) is 0.562. The maximum Gasteiger partial charge on any atom is 0.315 e. The van der Waals surface area contributed by atoms with Crippen LogP contribution in [0.3, 0.4) is 0 Å². The number of rotatable bonds is 5. The molecule has 1 aromatic rings. The molecular formula is C16H24N2O3. The maximum atomic E-state index is 12.0. The molecule has 0 saturated carbocycles. The molecule has 1 heterocycles. The predicted molar refractivity (Wildman–Crippen MR) is 81.5 cm³/mol. The van der Waals surface area contributed by atoms with E-state index in [1.807, 2.05) is 51.1 Å². The Bertz CT molecular complexity index is 458. The zero-order chi connectivity index (χ0) is 15.3. The molecule has 1 saturated heterocycles. The molecule has 21 heavy (non-hydrogen) atoms. The Morgan fingerprint density at radius 3 is 2.67 bits per heavy atom. The normalized spacial score (nSPS) is 24.1. The fourth-order valence-electron chi connectivity index (χ4n) is 2.22. The lowest BCUT2D eigenvalue weighted by molar-refractivity contribution is 0.161. The fourth-order valence-corrected chi connectivity index (χ4v) is 2.22. The van der Waals surface area contributed by atoms with E-state index in [0.29, 0.717) is 13.2 Å². The first kappa shape index (κ1) is 15.6. The summed E-state index contributed by atoms with van der Waals surface area (Å²) in [6.07, 6.45) is 0.719. The summed E-state index contributed by atoms with van der Waals surface area (Å²) < 4.78 is 11.1. The highest BCUT2D eigenvalue weighted by atomic mass is 16.5. The summed E-state index contributed by atoms with van der Waals surface area (Å²) in [5.74, 6) is 0.801. The minimum Gasteiger partial charge on any atom is -0.489 e. The standard InChI is InChI=1S/C16H24N2O3/c1-12(13(2)21-14-7-5-4-6-8-14)17-15(19)18-16(3)9-10-20-11-16/h4-8,12-13H,9-11H2,1-3H3,(H2,17,18,19). The van der Waals surface area contributed by atoms with Crippen LogP contribution in [0.15, 0.2) is 30.3 Å². The molecule has 0 aromatic heterocycles. The number of carbonyl (C=O) groups is 1. The molecule has 5 nitrogen and oxygen atoms in total. The molecule has 116 valence electrons. The Balaban J connectivity index is 1.80. The van der Waals surface area contributed by atoms with E-state index in [2.05, 4.69) is 10.6 Å². The molecule has 0 spiro atoms. The third-order valence-electron chi connectivity index (χ3n) is 3.76. The molecule has 0 radical (unpaired) electrons. The predicted octanol–water partition coefficient (Wildman–Crippen LogP) is 2.32. The minimum atomic E-state index is -0.271. The van der Waals surface area contributed by atoms with E-state index < -0.39 is 0 Å². The molecule has 5 heteroatoms. The average molecular weight is 292 g/mol. The van der Waals surface area contributed by atoms with Gasteiger partial charge in [0.05, 0.1) is 18.2 Å². The van der Waals surface area contributed by atoms with Crippen molar-refractivity contribution < 1.29 is 14.3 Å². The summed E-state index contributed by atoms with van der Waals surface area (Å²) in [4.78, 5) is 12.0. The van der Waals surface area contributed by atoms with Crippen LogP contribution in [-0.4, -0.2) is 36.9 Å². The van der Waals surface area contributed by atoms with Crippen molar-refractivity contribution in [3.63, 3.8) is 0 Å². The van der Waals surface area contributed by atoms with Gasteiger partial charge in [0.2, 0.25) is 0 Å². The summed E-state index contributed by atoms with van der Waals surface area (Å²) in [6.45, 7) is 7.12. The van der Waals surface area contributed by atoms with Gasteiger partial charge >= 0.3 is 6.03 Å². The number of nitrogens with one attached hydrogen (secondary N) is 2. The SMILES string of the molecule is CC(NC(=O)NC1(C)CCOC1)C(C)Oc1ccccc1. The number of hydrogen-bond acceptors (Lipinski definition) is 3. The van der Waals surface area contributed by atoms with Gasteiger partial charge in [-0.3, -0.25) is 0 Å². The van der Waals surface area contributed by atoms with Gasteiger partial charge in [0, 0.05) is 6.61 Å². The maximum absolute atomic E-state index is 12.0. The average Bonchev–Trinajstić information content (AvgIpc) is 2.85. The molecule has 1 aliphatic heterocycles. The van der Waals surface area contributed by atoms with Gasteiger partial charge in [-0.2, -0.15) is 0 Å². The lowest BCUT2D eigenvalue weighted by Gasteiger charge is -2.27. The Morgan fingerprint density at radius 1 is 1.33 bits per heavy atom. The van der Waals surface area contributed by atoms with Crippen LogP contribution in [0.1, 0.15) is 27.2 Å². The van der Waals surface area contributed by atoms with Gasteiger partial charge in [0.15, 0.2) is 0 Å². The van der Waals surface area contributed by atoms with Crippen molar-refractivity contribution in [2.75, 3.05) is 13.2 Å². The molecular weight excluding hydrogens is 268 g/mol. The van der Waals surface area contributed by atoms with Crippen LogP contribution in [0.25, 0.3) is 0 Å². The first-order valence-corrected chi connectivity index (χ1v) is 7.37. The number of amides is 2. The number of carbonyl (C=O) groups excluding carboxylic acids is 1. The summed E-state index contributed by atoms with van der Waals surface area (Å²) in [5, 5.41) is 5.90. The number of urea groups is 1. The van der Waals surface area contributed by atoms with Crippen molar-refractivity contribution in [1.82, 2.24) is 10.6 Å². The van der Waals surface area contributed by atoms with Crippen molar-refractivity contribution in [1.29, 1.82) is 0 Å². The zero-order valence-corrected chi connectivity index (χ0v) is 12.9. The van der Waals surface area contributed by atoms with Crippen LogP contribution >= 0.6 is 0 Å². The van der Waals surface area contributed by atoms with Gasteiger partial charge in [0.25, 0.3) is 0 Å². The Labute approximate surface area is 126 Å². The van der Waals surface area contributed by atoms with Gasteiger partial charge in [-0.25, -0.2) is 4.79 Å². The molecule has 0 aliphatic carbocycles.